The highest BCUT2D eigenvalue weighted by atomic mass is 19.1. The van der Waals surface area contributed by atoms with Crippen molar-refractivity contribution in [1.82, 2.24) is 24.3 Å². The lowest BCUT2D eigenvalue weighted by Crippen LogP contribution is -2.14. The molecule has 4 rings (SSSR count). The van der Waals surface area contributed by atoms with Crippen molar-refractivity contribution >= 4 is 11.6 Å². The third kappa shape index (κ3) is 3.27. The average Bonchev–Trinajstić information content (AvgIpc) is 3.31. The first kappa shape index (κ1) is 17.6. The largest absolute Gasteiger partial charge is 0.320 e. The SMILES string of the molecule is Cc1nn(-c2ccc(F)cc2)c(C)c1C(=O)Nc1ccc(-n2ccnc2)nc1. The maximum atomic E-state index is 13.2. The molecule has 0 radical (unpaired) electrons. The second-order valence-electron chi connectivity index (χ2n) is 6.26. The first-order chi connectivity index (χ1) is 13.5. The van der Waals surface area contributed by atoms with Crippen molar-refractivity contribution in [2.75, 3.05) is 5.32 Å². The Morgan fingerprint density at radius 1 is 1.11 bits per heavy atom. The van der Waals surface area contributed by atoms with Gasteiger partial charge in [-0.2, -0.15) is 5.10 Å². The van der Waals surface area contributed by atoms with Crippen molar-refractivity contribution in [2.24, 2.45) is 0 Å². The van der Waals surface area contributed by atoms with Crippen LogP contribution in [-0.2, 0) is 0 Å². The molecule has 1 N–H and O–H groups in total. The van der Waals surface area contributed by atoms with Gasteiger partial charge in [-0.15, -0.1) is 0 Å². The molecule has 3 aromatic heterocycles. The first-order valence-corrected chi connectivity index (χ1v) is 8.61. The Balaban J connectivity index is 1.57. The van der Waals surface area contributed by atoms with Crippen LogP contribution >= 0.6 is 0 Å². The Morgan fingerprint density at radius 2 is 1.89 bits per heavy atom. The van der Waals surface area contributed by atoms with E-state index in [9.17, 15) is 9.18 Å². The van der Waals surface area contributed by atoms with E-state index in [4.69, 9.17) is 0 Å². The second kappa shape index (κ2) is 7.07. The van der Waals surface area contributed by atoms with Gasteiger partial charge in [0.1, 0.15) is 18.0 Å². The number of aryl methyl sites for hydroxylation is 1. The third-order valence-electron chi connectivity index (χ3n) is 4.36. The average molecular weight is 376 g/mol. The second-order valence-corrected chi connectivity index (χ2v) is 6.26. The highest BCUT2D eigenvalue weighted by Crippen LogP contribution is 2.20. The smallest absolute Gasteiger partial charge is 0.259 e. The normalized spacial score (nSPS) is 10.8. The quantitative estimate of drug-likeness (QED) is 0.592. The van der Waals surface area contributed by atoms with Crippen LogP contribution < -0.4 is 5.32 Å². The molecule has 4 aromatic rings. The molecule has 140 valence electrons. The van der Waals surface area contributed by atoms with Crippen molar-refractivity contribution in [1.29, 1.82) is 0 Å². The minimum absolute atomic E-state index is 0.277. The predicted molar refractivity (Wildman–Crippen MR) is 102 cm³/mol. The number of carbonyl (C=O) groups is 1. The topological polar surface area (TPSA) is 77.6 Å². The fraction of sp³-hybridized carbons (Fsp3) is 0.100. The molecule has 0 saturated carbocycles. The van der Waals surface area contributed by atoms with Gasteiger partial charge in [-0.3, -0.25) is 9.36 Å². The van der Waals surface area contributed by atoms with E-state index in [2.05, 4.69) is 20.4 Å². The number of benzene rings is 1. The number of amides is 1. The van der Waals surface area contributed by atoms with Crippen LogP contribution in [-0.4, -0.2) is 30.2 Å². The maximum Gasteiger partial charge on any atom is 0.259 e. The minimum Gasteiger partial charge on any atom is -0.320 e. The number of carbonyl (C=O) groups excluding carboxylic acids is 1. The van der Waals surface area contributed by atoms with Crippen LogP contribution in [0, 0.1) is 19.7 Å². The van der Waals surface area contributed by atoms with Crippen molar-refractivity contribution in [3.63, 3.8) is 0 Å². The van der Waals surface area contributed by atoms with Gasteiger partial charge in [0.25, 0.3) is 5.91 Å². The van der Waals surface area contributed by atoms with Crippen LogP contribution in [0.2, 0.25) is 0 Å². The Morgan fingerprint density at radius 3 is 2.54 bits per heavy atom. The van der Waals surface area contributed by atoms with Gasteiger partial charge in [0, 0.05) is 12.4 Å². The number of hydrogen-bond acceptors (Lipinski definition) is 4. The molecule has 1 amide bonds. The molecular formula is C20H17FN6O. The molecule has 3 heterocycles. The monoisotopic (exact) mass is 376 g/mol. The van der Waals surface area contributed by atoms with Crippen LogP contribution in [0.1, 0.15) is 21.7 Å². The Bertz CT molecular complexity index is 1110. The van der Waals surface area contributed by atoms with Gasteiger partial charge in [-0.25, -0.2) is 19.0 Å². The van der Waals surface area contributed by atoms with E-state index in [1.165, 1.54) is 12.1 Å². The van der Waals surface area contributed by atoms with Crippen molar-refractivity contribution in [3.05, 3.63) is 84.1 Å². The summed E-state index contributed by atoms with van der Waals surface area (Å²) in [6.45, 7) is 3.57. The Kier molecular flexibility index (Phi) is 4.44. The van der Waals surface area contributed by atoms with Crippen molar-refractivity contribution in [3.8, 4) is 11.5 Å². The van der Waals surface area contributed by atoms with E-state index in [-0.39, 0.29) is 11.7 Å². The summed E-state index contributed by atoms with van der Waals surface area (Å²) in [7, 11) is 0. The third-order valence-corrected chi connectivity index (χ3v) is 4.36. The molecule has 1 aromatic carbocycles. The van der Waals surface area contributed by atoms with E-state index in [0.29, 0.717) is 34.1 Å². The lowest BCUT2D eigenvalue weighted by atomic mass is 10.1. The van der Waals surface area contributed by atoms with Gasteiger partial charge in [-0.05, 0) is 50.2 Å². The fourth-order valence-corrected chi connectivity index (χ4v) is 3.01. The number of pyridine rings is 1. The summed E-state index contributed by atoms with van der Waals surface area (Å²) in [5, 5.41) is 7.27. The molecule has 0 fully saturated rings. The zero-order valence-electron chi connectivity index (χ0n) is 15.3. The molecule has 0 aliphatic carbocycles. The Labute approximate surface area is 160 Å². The standard InChI is InChI=1S/C20H17FN6O/c1-13-19(14(2)27(25-13)17-6-3-15(21)4-7-17)20(28)24-16-5-8-18(23-11-16)26-10-9-22-12-26/h3-12H,1-2H3,(H,24,28). The summed E-state index contributed by atoms with van der Waals surface area (Å²) in [5.41, 5.74) is 2.99. The number of halogens is 1. The van der Waals surface area contributed by atoms with Gasteiger partial charge >= 0.3 is 0 Å². The summed E-state index contributed by atoms with van der Waals surface area (Å²) in [5.74, 6) is 0.0995. The highest BCUT2D eigenvalue weighted by molar-refractivity contribution is 6.05. The van der Waals surface area contributed by atoms with E-state index in [1.807, 2.05) is 0 Å². The number of nitrogens with zero attached hydrogens (tertiary/aromatic N) is 5. The number of aromatic nitrogens is 5. The predicted octanol–water partition coefficient (Wildman–Crippen LogP) is 3.46. The molecule has 0 aliphatic rings. The molecular weight excluding hydrogens is 359 g/mol. The molecule has 0 bridgehead atoms. The molecule has 0 unspecified atom stereocenters. The number of nitrogens with one attached hydrogen (secondary N) is 1. The zero-order chi connectivity index (χ0) is 19.7. The van der Waals surface area contributed by atoms with E-state index in [1.54, 1.807) is 72.3 Å². The molecule has 0 saturated heterocycles. The minimum atomic E-state index is -0.324. The number of rotatable bonds is 4. The summed E-state index contributed by atoms with van der Waals surface area (Å²) >= 11 is 0. The van der Waals surface area contributed by atoms with E-state index in [0.717, 1.165) is 0 Å². The van der Waals surface area contributed by atoms with Crippen LogP contribution in [0.5, 0.6) is 0 Å². The van der Waals surface area contributed by atoms with Gasteiger partial charge in [-0.1, -0.05) is 0 Å². The first-order valence-electron chi connectivity index (χ1n) is 8.61. The van der Waals surface area contributed by atoms with Gasteiger partial charge in [0.2, 0.25) is 0 Å². The fourth-order valence-electron chi connectivity index (χ4n) is 3.01. The van der Waals surface area contributed by atoms with Crippen LogP contribution in [0.4, 0.5) is 10.1 Å². The zero-order valence-corrected chi connectivity index (χ0v) is 15.3. The van der Waals surface area contributed by atoms with Crippen LogP contribution in [0.15, 0.2) is 61.3 Å². The summed E-state index contributed by atoms with van der Waals surface area (Å²) in [4.78, 5) is 21.1. The summed E-state index contributed by atoms with van der Waals surface area (Å²) in [6, 6.07) is 9.52. The Hall–Kier alpha value is -3.81. The van der Waals surface area contributed by atoms with Crippen LogP contribution in [0.25, 0.3) is 11.5 Å². The van der Waals surface area contributed by atoms with Gasteiger partial charge in [0.15, 0.2) is 0 Å². The lowest BCUT2D eigenvalue weighted by molar-refractivity contribution is 0.102. The van der Waals surface area contributed by atoms with E-state index >= 15 is 0 Å². The van der Waals surface area contributed by atoms with Gasteiger partial charge in [0.05, 0.1) is 34.5 Å². The molecule has 0 aliphatic heterocycles. The molecule has 0 atom stereocenters. The van der Waals surface area contributed by atoms with Crippen molar-refractivity contribution in [2.45, 2.75) is 13.8 Å². The molecule has 28 heavy (non-hydrogen) atoms. The van der Waals surface area contributed by atoms with Gasteiger partial charge < -0.3 is 5.32 Å². The number of anilines is 1. The number of hydrogen-bond donors (Lipinski definition) is 1. The summed E-state index contributed by atoms with van der Waals surface area (Å²) in [6.07, 6.45) is 6.69. The molecule has 8 heteroatoms. The van der Waals surface area contributed by atoms with Crippen molar-refractivity contribution < 1.29 is 9.18 Å². The lowest BCUT2D eigenvalue weighted by Gasteiger charge is -2.08. The molecule has 7 nitrogen and oxygen atoms in total. The van der Waals surface area contributed by atoms with E-state index < -0.39 is 0 Å². The summed E-state index contributed by atoms with van der Waals surface area (Å²) < 4.78 is 16.6. The van der Waals surface area contributed by atoms with Crippen LogP contribution in [0.3, 0.4) is 0 Å². The highest BCUT2D eigenvalue weighted by Gasteiger charge is 2.19. The maximum absolute atomic E-state index is 13.2. The number of imidazole rings is 1. The molecule has 0 spiro atoms.